The van der Waals surface area contributed by atoms with Gasteiger partial charge in [0.15, 0.2) is 0 Å². The van der Waals surface area contributed by atoms with Crippen LogP contribution in [-0.4, -0.2) is 11.2 Å². The third kappa shape index (κ3) is 7.37. The van der Waals surface area contributed by atoms with E-state index in [0.717, 1.165) is 12.8 Å². The second-order valence-electron chi connectivity index (χ2n) is 5.69. The van der Waals surface area contributed by atoms with Crippen LogP contribution in [0.25, 0.3) is 0 Å². The van der Waals surface area contributed by atoms with Gasteiger partial charge in [0, 0.05) is 0 Å². The maximum Gasteiger partial charge on any atom is 0.0580 e. The molecule has 0 saturated heterocycles. The molecule has 1 unspecified atom stereocenters. The van der Waals surface area contributed by atoms with Crippen molar-refractivity contribution in [3.8, 4) is 0 Å². The third-order valence-electron chi connectivity index (χ3n) is 3.86. The van der Waals surface area contributed by atoms with E-state index in [1.165, 1.54) is 56.1 Å². The highest BCUT2D eigenvalue weighted by atomic mass is 16.3. The van der Waals surface area contributed by atoms with E-state index >= 15 is 0 Å². The Kier molecular flexibility index (Phi) is 8.57. The molecular weight excluding hydrogens is 232 g/mol. The van der Waals surface area contributed by atoms with Gasteiger partial charge in [-0.1, -0.05) is 76.1 Å². The van der Waals surface area contributed by atoms with Crippen LogP contribution in [0, 0.1) is 6.92 Å². The molecule has 1 atom stereocenters. The van der Waals surface area contributed by atoms with Crippen molar-refractivity contribution in [2.45, 2.75) is 77.7 Å². The zero-order valence-corrected chi connectivity index (χ0v) is 12.7. The standard InChI is InChI=1S/C18H30O/c1-3-4-5-6-7-8-9-14-18(19)15-17-13-11-10-12-16(17)2/h10-13,18-19H,3-9,14-15H2,1-2H3. The Hall–Kier alpha value is -0.820. The molecule has 19 heavy (non-hydrogen) atoms. The minimum Gasteiger partial charge on any atom is -0.393 e. The molecule has 0 bridgehead atoms. The maximum atomic E-state index is 10.1. The minimum atomic E-state index is -0.170. The molecule has 1 heteroatoms. The van der Waals surface area contributed by atoms with Gasteiger partial charge >= 0.3 is 0 Å². The molecule has 0 spiro atoms. The summed E-state index contributed by atoms with van der Waals surface area (Å²) in [6.07, 6.45) is 10.8. The van der Waals surface area contributed by atoms with Crippen molar-refractivity contribution in [3.05, 3.63) is 35.4 Å². The molecule has 0 amide bonds. The highest BCUT2D eigenvalue weighted by Gasteiger charge is 2.06. The molecule has 1 aromatic carbocycles. The summed E-state index contributed by atoms with van der Waals surface area (Å²) in [6.45, 7) is 4.37. The zero-order chi connectivity index (χ0) is 13.9. The Balaban J connectivity index is 2.08. The Morgan fingerprint density at radius 2 is 1.58 bits per heavy atom. The summed E-state index contributed by atoms with van der Waals surface area (Å²) in [5.74, 6) is 0. The molecule has 0 aliphatic carbocycles. The fourth-order valence-electron chi connectivity index (χ4n) is 2.53. The first kappa shape index (κ1) is 16.2. The van der Waals surface area contributed by atoms with E-state index < -0.39 is 0 Å². The summed E-state index contributed by atoms with van der Waals surface area (Å²) in [5.41, 5.74) is 2.58. The van der Waals surface area contributed by atoms with Crippen molar-refractivity contribution in [1.82, 2.24) is 0 Å². The molecule has 108 valence electrons. The van der Waals surface area contributed by atoms with E-state index in [1.807, 2.05) is 0 Å². The first-order valence-corrected chi connectivity index (χ1v) is 7.96. The van der Waals surface area contributed by atoms with Gasteiger partial charge in [-0.2, -0.15) is 0 Å². The number of rotatable bonds is 10. The number of unbranched alkanes of at least 4 members (excludes halogenated alkanes) is 6. The van der Waals surface area contributed by atoms with Gasteiger partial charge in [0.1, 0.15) is 0 Å². The zero-order valence-electron chi connectivity index (χ0n) is 12.7. The van der Waals surface area contributed by atoms with Crippen LogP contribution in [0.4, 0.5) is 0 Å². The average Bonchev–Trinajstić information content (AvgIpc) is 2.40. The van der Waals surface area contributed by atoms with E-state index in [2.05, 4.69) is 38.1 Å². The number of aryl methyl sites for hydroxylation is 1. The highest BCUT2D eigenvalue weighted by molar-refractivity contribution is 5.26. The Bertz CT molecular complexity index is 332. The average molecular weight is 262 g/mol. The fraction of sp³-hybridized carbons (Fsp3) is 0.667. The summed E-state index contributed by atoms with van der Waals surface area (Å²) >= 11 is 0. The Morgan fingerprint density at radius 1 is 0.947 bits per heavy atom. The first-order chi connectivity index (χ1) is 9.24. The summed E-state index contributed by atoms with van der Waals surface area (Å²) in [5, 5.41) is 10.1. The van der Waals surface area contributed by atoms with Crippen LogP contribution in [0.3, 0.4) is 0 Å². The second-order valence-corrected chi connectivity index (χ2v) is 5.69. The van der Waals surface area contributed by atoms with Gasteiger partial charge in [0.05, 0.1) is 6.10 Å². The summed E-state index contributed by atoms with van der Waals surface area (Å²) in [4.78, 5) is 0. The van der Waals surface area contributed by atoms with Gasteiger partial charge in [0.2, 0.25) is 0 Å². The van der Waals surface area contributed by atoms with Crippen molar-refractivity contribution in [1.29, 1.82) is 0 Å². The van der Waals surface area contributed by atoms with Crippen LogP contribution in [0.5, 0.6) is 0 Å². The van der Waals surface area contributed by atoms with Crippen LogP contribution < -0.4 is 0 Å². The van der Waals surface area contributed by atoms with Crippen molar-refractivity contribution in [3.63, 3.8) is 0 Å². The predicted octanol–water partition coefficient (Wildman–Crippen LogP) is 5.04. The van der Waals surface area contributed by atoms with Crippen molar-refractivity contribution in [2.75, 3.05) is 0 Å². The van der Waals surface area contributed by atoms with E-state index in [4.69, 9.17) is 0 Å². The number of benzene rings is 1. The predicted molar refractivity (Wildman–Crippen MR) is 83.5 cm³/mol. The molecule has 1 N–H and O–H groups in total. The van der Waals surface area contributed by atoms with E-state index in [-0.39, 0.29) is 6.10 Å². The number of aliphatic hydroxyl groups excluding tert-OH is 1. The van der Waals surface area contributed by atoms with Gasteiger partial charge in [-0.05, 0) is 30.9 Å². The van der Waals surface area contributed by atoms with Crippen LogP contribution in [0.1, 0.15) is 69.4 Å². The van der Waals surface area contributed by atoms with E-state index in [9.17, 15) is 5.11 Å². The summed E-state index contributed by atoms with van der Waals surface area (Å²) in [6, 6.07) is 8.36. The van der Waals surface area contributed by atoms with Crippen LogP contribution in [0.2, 0.25) is 0 Å². The lowest BCUT2D eigenvalue weighted by Gasteiger charge is -2.12. The highest BCUT2D eigenvalue weighted by Crippen LogP contribution is 2.14. The van der Waals surface area contributed by atoms with Gasteiger partial charge in [-0.3, -0.25) is 0 Å². The first-order valence-electron chi connectivity index (χ1n) is 7.96. The molecule has 0 aromatic heterocycles. The van der Waals surface area contributed by atoms with Crippen LogP contribution in [0.15, 0.2) is 24.3 Å². The van der Waals surface area contributed by atoms with Gasteiger partial charge in [-0.25, -0.2) is 0 Å². The Labute approximate surface area is 119 Å². The van der Waals surface area contributed by atoms with Gasteiger partial charge in [0.25, 0.3) is 0 Å². The molecule has 1 rings (SSSR count). The number of aliphatic hydroxyl groups is 1. The summed E-state index contributed by atoms with van der Waals surface area (Å²) < 4.78 is 0. The lowest BCUT2D eigenvalue weighted by atomic mass is 9.99. The van der Waals surface area contributed by atoms with Gasteiger partial charge < -0.3 is 5.11 Å². The largest absolute Gasteiger partial charge is 0.393 e. The Morgan fingerprint density at radius 3 is 2.26 bits per heavy atom. The smallest absolute Gasteiger partial charge is 0.0580 e. The fourth-order valence-corrected chi connectivity index (χ4v) is 2.53. The molecule has 0 fully saturated rings. The number of hydrogen-bond donors (Lipinski definition) is 1. The van der Waals surface area contributed by atoms with E-state index in [0.29, 0.717) is 0 Å². The van der Waals surface area contributed by atoms with Crippen molar-refractivity contribution < 1.29 is 5.11 Å². The second kappa shape index (κ2) is 10.0. The number of hydrogen-bond acceptors (Lipinski definition) is 1. The molecule has 0 radical (unpaired) electrons. The lowest BCUT2D eigenvalue weighted by Crippen LogP contribution is -2.11. The third-order valence-corrected chi connectivity index (χ3v) is 3.86. The molecule has 1 nitrogen and oxygen atoms in total. The van der Waals surface area contributed by atoms with Crippen LogP contribution in [-0.2, 0) is 6.42 Å². The van der Waals surface area contributed by atoms with Crippen LogP contribution >= 0.6 is 0 Å². The van der Waals surface area contributed by atoms with Gasteiger partial charge in [-0.15, -0.1) is 0 Å². The minimum absolute atomic E-state index is 0.170. The molecular formula is C18H30O. The maximum absolute atomic E-state index is 10.1. The monoisotopic (exact) mass is 262 g/mol. The molecule has 1 aromatic rings. The SMILES string of the molecule is CCCCCCCCCC(O)Cc1ccccc1C. The molecule has 0 aliphatic heterocycles. The summed E-state index contributed by atoms with van der Waals surface area (Å²) in [7, 11) is 0. The van der Waals surface area contributed by atoms with Crippen molar-refractivity contribution >= 4 is 0 Å². The normalized spacial score (nSPS) is 12.6. The molecule has 0 aliphatic rings. The molecule has 0 saturated carbocycles. The van der Waals surface area contributed by atoms with E-state index in [1.54, 1.807) is 0 Å². The topological polar surface area (TPSA) is 20.2 Å². The lowest BCUT2D eigenvalue weighted by molar-refractivity contribution is 0.160. The quantitative estimate of drug-likeness (QED) is 0.586. The molecule has 0 heterocycles. The van der Waals surface area contributed by atoms with Crippen molar-refractivity contribution in [2.24, 2.45) is 0 Å².